The molecule has 0 aliphatic rings. The van der Waals surface area contributed by atoms with Crippen LogP contribution in [0.4, 0.5) is 0 Å². The first-order chi connectivity index (χ1) is 36.6. The number of hydrogen-bond donors (Lipinski definition) is 0. The minimum Gasteiger partial charge on any atom is -0.309 e. The van der Waals surface area contributed by atoms with Gasteiger partial charge in [-0.15, -0.1) is 0 Å². The van der Waals surface area contributed by atoms with Crippen molar-refractivity contribution >= 4 is 87.2 Å². The molecule has 15 rings (SSSR count). The number of para-hydroxylation sites is 6. The third-order valence-electron chi connectivity index (χ3n) is 15.2. The fraction of sp³-hybridized carbons (Fsp3) is 0. The van der Waals surface area contributed by atoms with Crippen LogP contribution in [-0.4, -0.2) is 18.3 Å². The molecular weight excluding hydrogens is 901 g/mol. The van der Waals surface area contributed by atoms with Gasteiger partial charge in [0.25, 0.3) is 0 Å². The van der Waals surface area contributed by atoms with Crippen LogP contribution in [0.15, 0.2) is 243 Å². The summed E-state index contributed by atoms with van der Waals surface area (Å²) in [6, 6.07) is 90.7. The maximum absolute atomic E-state index is 12.1. The second-order valence-electron chi connectivity index (χ2n) is 19.1. The van der Waals surface area contributed by atoms with Crippen LogP contribution in [0.1, 0.15) is 11.1 Å². The molecule has 11 aromatic carbocycles. The fourth-order valence-corrected chi connectivity index (χ4v) is 12.1. The third-order valence-corrected chi connectivity index (χ3v) is 15.2. The molecule has 6 heteroatoms. The summed E-state index contributed by atoms with van der Waals surface area (Å²) < 4.78 is 9.36. The fourth-order valence-electron chi connectivity index (χ4n) is 12.1. The van der Waals surface area contributed by atoms with Crippen LogP contribution in [-0.2, 0) is 0 Å². The molecule has 74 heavy (non-hydrogen) atoms. The summed E-state index contributed by atoms with van der Waals surface area (Å²) in [6.45, 7) is 0. The zero-order valence-electron chi connectivity index (χ0n) is 39.8. The van der Waals surface area contributed by atoms with E-state index < -0.39 is 0 Å². The van der Waals surface area contributed by atoms with E-state index in [2.05, 4.69) is 243 Å². The topological polar surface area (TPSA) is 67.3 Å². The van der Waals surface area contributed by atoms with Crippen molar-refractivity contribution in [1.82, 2.24) is 18.3 Å². The Balaban J connectivity index is 1.12. The van der Waals surface area contributed by atoms with Crippen LogP contribution < -0.4 is 0 Å². The highest BCUT2D eigenvalue weighted by Crippen LogP contribution is 2.46. The van der Waals surface area contributed by atoms with E-state index >= 15 is 0 Å². The Labute approximate surface area is 424 Å². The molecule has 0 unspecified atom stereocenters. The van der Waals surface area contributed by atoms with E-state index in [4.69, 9.17) is 0 Å². The molecule has 0 atom stereocenters. The molecule has 0 aliphatic heterocycles. The number of rotatable bonds is 6. The lowest BCUT2D eigenvalue weighted by Gasteiger charge is -2.19. The van der Waals surface area contributed by atoms with Gasteiger partial charge in [-0.05, 0) is 119 Å². The van der Waals surface area contributed by atoms with Crippen molar-refractivity contribution in [2.75, 3.05) is 0 Å². The Morgan fingerprint density at radius 2 is 0.703 bits per heavy atom. The van der Waals surface area contributed by atoms with Crippen LogP contribution in [0.5, 0.6) is 0 Å². The van der Waals surface area contributed by atoms with Gasteiger partial charge in [-0.1, -0.05) is 146 Å². The maximum Gasteiger partial charge on any atom is 0.104 e. The summed E-state index contributed by atoms with van der Waals surface area (Å²) in [5, 5.41) is 31.5. The van der Waals surface area contributed by atoms with E-state index in [9.17, 15) is 10.5 Å². The normalized spacial score (nSPS) is 11.8. The van der Waals surface area contributed by atoms with E-state index in [1.54, 1.807) is 0 Å². The first-order valence-corrected chi connectivity index (χ1v) is 24.9. The Kier molecular flexibility index (Phi) is 8.99. The minimum atomic E-state index is 0.523. The van der Waals surface area contributed by atoms with E-state index in [1.165, 1.54) is 0 Å². The van der Waals surface area contributed by atoms with E-state index in [0.29, 0.717) is 11.1 Å². The highest BCUT2D eigenvalue weighted by Gasteiger charge is 2.26. The molecule has 0 amide bonds. The summed E-state index contributed by atoms with van der Waals surface area (Å²) >= 11 is 0. The smallest absolute Gasteiger partial charge is 0.104 e. The molecule has 0 fully saturated rings. The van der Waals surface area contributed by atoms with Crippen molar-refractivity contribution < 1.29 is 0 Å². The third kappa shape index (κ3) is 5.97. The van der Waals surface area contributed by atoms with Gasteiger partial charge in [0.05, 0.1) is 67.1 Å². The average Bonchev–Trinajstić information content (AvgIpc) is 4.19. The molecule has 0 aliphatic carbocycles. The zero-order valence-corrected chi connectivity index (χ0v) is 39.8. The van der Waals surface area contributed by atoms with Crippen molar-refractivity contribution in [1.29, 1.82) is 10.5 Å². The molecule has 15 aromatic rings. The molecule has 0 saturated heterocycles. The van der Waals surface area contributed by atoms with Crippen LogP contribution in [0.2, 0.25) is 0 Å². The SMILES string of the molecule is N#Cc1cc(-c2ccccc2)cc(-c2cc(-n3c4ccccc4c4cc5c(cc43)c3ccccc3n5-c3ccccc3)c(C#N)c(-n3c4ccccc4c4ccc5c(c6ccccc6n5-c5ccccc5)c43)c2)c1. The summed E-state index contributed by atoms with van der Waals surface area (Å²) in [6.07, 6.45) is 0. The molecular formula is C68H40N6. The average molecular weight is 941 g/mol. The Hall–Kier alpha value is -10.4. The monoisotopic (exact) mass is 940 g/mol. The lowest BCUT2D eigenvalue weighted by molar-refractivity contribution is 1.12. The van der Waals surface area contributed by atoms with Gasteiger partial charge < -0.3 is 18.3 Å². The van der Waals surface area contributed by atoms with Crippen LogP contribution in [0.25, 0.3) is 132 Å². The van der Waals surface area contributed by atoms with Crippen molar-refractivity contribution in [2.45, 2.75) is 0 Å². The van der Waals surface area contributed by atoms with Gasteiger partial charge in [-0.25, -0.2) is 0 Å². The van der Waals surface area contributed by atoms with Crippen LogP contribution in [0, 0.1) is 22.7 Å². The van der Waals surface area contributed by atoms with Gasteiger partial charge in [-0.3, -0.25) is 0 Å². The molecule has 4 heterocycles. The Morgan fingerprint density at radius 1 is 0.270 bits per heavy atom. The highest BCUT2D eigenvalue weighted by molar-refractivity contribution is 6.26. The van der Waals surface area contributed by atoms with E-state index in [-0.39, 0.29) is 0 Å². The van der Waals surface area contributed by atoms with Gasteiger partial charge in [0.2, 0.25) is 0 Å². The summed E-state index contributed by atoms with van der Waals surface area (Å²) in [5.74, 6) is 0. The largest absolute Gasteiger partial charge is 0.309 e. The number of aromatic nitrogens is 4. The second kappa shape index (κ2) is 16.1. The van der Waals surface area contributed by atoms with Gasteiger partial charge in [0.15, 0.2) is 0 Å². The number of nitrogens with zero attached hydrogens (tertiary/aromatic N) is 6. The Morgan fingerprint density at radius 3 is 1.28 bits per heavy atom. The number of nitriles is 2. The second-order valence-corrected chi connectivity index (χ2v) is 19.1. The summed E-state index contributed by atoms with van der Waals surface area (Å²) in [4.78, 5) is 0. The van der Waals surface area contributed by atoms with Gasteiger partial charge in [-0.2, -0.15) is 10.5 Å². The van der Waals surface area contributed by atoms with Crippen molar-refractivity contribution in [3.8, 4) is 57.1 Å². The van der Waals surface area contributed by atoms with Gasteiger partial charge >= 0.3 is 0 Å². The standard InChI is InChI=1S/C68H40N6/c69-41-43-34-45(44-18-4-1-5-19-44)36-46(35-43)47-37-63(73-59-29-15-12-26-52(59)56-39-65-55(40-66(56)73)51-25-11-14-28-58(51)72(65)49-22-8-3-9-23-49)57(42-70)64(38-47)74-60-30-16-10-24-50(60)53-32-33-62-67(68(53)74)54-27-13-17-31-61(54)71(62)48-20-6-2-7-21-48/h1-40H. The van der Waals surface area contributed by atoms with Crippen molar-refractivity contribution in [3.05, 3.63) is 254 Å². The van der Waals surface area contributed by atoms with Gasteiger partial charge in [0, 0.05) is 54.5 Å². The quantitative estimate of drug-likeness (QED) is 0.167. The molecule has 0 spiro atoms. The number of fused-ring (bicyclic) bond motifs is 13. The molecule has 0 radical (unpaired) electrons. The zero-order chi connectivity index (χ0) is 49.0. The first kappa shape index (κ1) is 41.4. The number of hydrogen-bond acceptors (Lipinski definition) is 2. The predicted octanol–water partition coefficient (Wildman–Crippen LogP) is 17.2. The van der Waals surface area contributed by atoms with Crippen molar-refractivity contribution in [2.24, 2.45) is 0 Å². The summed E-state index contributed by atoms with van der Waals surface area (Å²) in [5.41, 5.74) is 16.8. The minimum absolute atomic E-state index is 0.523. The van der Waals surface area contributed by atoms with Crippen LogP contribution in [0.3, 0.4) is 0 Å². The number of benzene rings is 11. The highest BCUT2D eigenvalue weighted by atomic mass is 15.0. The maximum atomic E-state index is 12.1. The van der Waals surface area contributed by atoms with E-state index in [1.807, 2.05) is 30.3 Å². The first-order valence-electron chi connectivity index (χ1n) is 24.9. The lowest BCUT2D eigenvalue weighted by Crippen LogP contribution is -2.05. The van der Waals surface area contributed by atoms with Gasteiger partial charge in [0.1, 0.15) is 11.6 Å². The summed E-state index contributed by atoms with van der Waals surface area (Å²) in [7, 11) is 0. The lowest BCUT2D eigenvalue weighted by atomic mass is 9.94. The van der Waals surface area contributed by atoms with E-state index in [0.717, 1.165) is 132 Å². The molecule has 342 valence electrons. The molecule has 4 aromatic heterocycles. The van der Waals surface area contributed by atoms with Crippen LogP contribution >= 0.6 is 0 Å². The van der Waals surface area contributed by atoms with Crippen molar-refractivity contribution in [3.63, 3.8) is 0 Å². The molecule has 0 N–H and O–H groups in total. The Bertz CT molecular complexity index is 4900. The molecule has 6 nitrogen and oxygen atoms in total. The molecule has 0 saturated carbocycles. The molecule has 0 bridgehead atoms. The predicted molar refractivity (Wildman–Crippen MR) is 304 cm³/mol.